The van der Waals surface area contributed by atoms with Crippen molar-refractivity contribution in [2.75, 3.05) is 11.1 Å². The first-order valence-corrected chi connectivity index (χ1v) is 25.7. The van der Waals surface area contributed by atoms with Crippen LogP contribution in [0.15, 0.2) is 296 Å². The standard InChI is InChI=1S/C35H25N.C29H19Br.C6H7N/c1-4-14-27(15-5-1)35(28-16-6-2-7-17-28)33-23-26-13-11-10-12-25(26)22-32(33)31-21-20-30(24-34(31)35)36-29-18-8-3-9-19-29;30-24-15-16-25-26-17-20-9-7-8-10-21(20)18-27(26)29(28(25)19-24,22-11-3-1-4-12-22)23-13-5-2-6-14-23;7-6-4-2-1-3-5-6/h1-24,36H;1-19H;1-5H,7H2. The lowest BCUT2D eigenvalue weighted by Gasteiger charge is -2.34. The molecule has 0 aliphatic heterocycles. The van der Waals surface area contributed by atoms with Crippen LogP contribution in [-0.2, 0) is 10.8 Å². The van der Waals surface area contributed by atoms with Crippen LogP contribution < -0.4 is 11.1 Å². The van der Waals surface area contributed by atoms with Crippen molar-refractivity contribution in [1.82, 2.24) is 0 Å². The van der Waals surface area contributed by atoms with Crippen LogP contribution in [0.4, 0.5) is 17.1 Å². The van der Waals surface area contributed by atoms with Gasteiger partial charge in [-0.2, -0.15) is 0 Å². The number of fused-ring (bicyclic) bond motifs is 8. The van der Waals surface area contributed by atoms with Gasteiger partial charge in [-0.3, -0.25) is 0 Å². The Hall–Kier alpha value is -8.76. The molecule has 14 rings (SSSR count). The Morgan fingerprint density at radius 3 is 1.00 bits per heavy atom. The molecule has 3 heteroatoms. The van der Waals surface area contributed by atoms with Gasteiger partial charge in [0.2, 0.25) is 0 Å². The topological polar surface area (TPSA) is 38.0 Å². The van der Waals surface area contributed by atoms with Gasteiger partial charge in [-0.05, 0) is 161 Å². The van der Waals surface area contributed by atoms with Crippen molar-refractivity contribution in [3.8, 4) is 22.3 Å². The second-order valence-corrected chi connectivity index (χ2v) is 19.7. The molecule has 2 nitrogen and oxygen atoms in total. The maximum atomic E-state index is 5.36. The average Bonchev–Trinajstić information content (AvgIpc) is 3.90. The van der Waals surface area contributed by atoms with Crippen LogP contribution in [0, 0.1) is 0 Å². The normalized spacial score (nSPS) is 13.0. The zero-order valence-electron chi connectivity index (χ0n) is 40.2. The van der Waals surface area contributed by atoms with E-state index in [1.807, 2.05) is 36.4 Å². The lowest BCUT2D eigenvalue weighted by molar-refractivity contribution is 0.769. The van der Waals surface area contributed by atoms with Gasteiger partial charge < -0.3 is 11.1 Å². The van der Waals surface area contributed by atoms with Gasteiger partial charge in [-0.1, -0.05) is 234 Å². The number of anilines is 3. The largest absolute Gasteiger partial charge is 0.399 e. The summed E-state index contributed by atoms with van der Waals surface area (Å²) < 4.78 is 1.11. The van der Waals surface area contributed by atoms with Gasteiger partial charge in [0.05, 0.1) is 10.8 Å². The van der Waals surface area contributed by atoms with Crippen LogP contribution in [0.2, 0.25) is 0 Å². The number of hydrogen-bond donors (Lipinski definition) is 2. The summed E-state index contributed by atoms with van der Waals surface area (Å²) in [6.45, 7) is 0. The quantitative estimate of drug-likeness (QED) is 0.163. The smallest absolute Gasteiger partial charge is 0.0714 e. The molecule has 0 atom stereocenters. The summed E-state index contributed by atoms with van der Waals surface area (Å²) in [5.41, 5.74) is 23.3. The fraction of sp³-hybridized carbons (Fsp3) is 0.0286. The Labute approximate surface area is 436 Å². The Kier molecular flexibility index (Phi) is 12.1. The predicted octanol–water partition coefficient (Wildman–Crippen LogP) is 18.2. The molecule has 0 unspecified atom stereocenters. The van der Waals surface area contributed by atoms with Crippen molar-refractivity contribution < 1.29 is 0 Å². The molecule has 2 aliphatic carbocycles. The van der Waals surface area contributed by atoms with Crippen molar-refractivity contribution >= 4 is 54.5 Å². The second-order valence-electron chi connectivity index (χ2n) is 18.8. The Morgan fingerprint density at radius 1 is 0.274 bits per heavy atom. The molecule has 0 radical (unpaired) electrons. The molecule has 348 valence electrons. The minimum atomic E-state index is -0.411. The lowest BCUT2D eigenvalue weighted by atomic mass is 9.67. The minimum Gasteiger partial charge on any atom is -0.399 e. The molecular formula is C70H51BrN2. The third-order valence-electron chi connectivity index (χ3n) is 14.7. The van der Waals surface area contributed by atoms with Crippen LogP contribution in [0.25, 0.3) is 43.8 Å². The summed E-state index contributed by atoms with van der Waals surface area (Å²) in [5, 5.41) is 8.73. The maximum Gasteiger partial charge on any atom is 0.0714 e. The molecule has 2 aliphatic rings. The molecule has 12 aromatic carbocycles. The number of nitrogens with one attached hydrogen (secondary N) is 1. The minimum absolute atomic E-state index is 0.346. The van der Waals surface area contributed by atoms with Gasteiger partial charge in [0.1, 0.15) is 0 Å². The summed E-state index contributed by atoms with van der Waals surface area (Å²) >= 11 is 3.75. The van der Waals surface area contributed by atoms with Gasteiger partial charge in [-0.15, -0.1) is 0 Å². The van der Waals surface area contributed by atoms with Crippen LogP contribution in [0.3, 0.4) is 0 Å². The molecule has 0 saturated heterocycles. The number of hydrogen-bond acceptors (Lipinski definition) is 2. The van der Waals surface area contributed by atoms with E-state index in [2.05, 4.69) is 276 Å². The number of rotatable bonds is 6. The first-order chi connectivity index (χ1) is 36.0. The van der Waals surface area contributed by atoms with Crippen molar-refractivity contribution in [2.45, 2.75) is 10.8 Å². The van der Waals surface area contributed by atoms with Gasteiger partial charge in [0.15, 0.2) is 0 Å². The summed E-state index contributed by atoms with van der Waals surface area (Å²) in [5.74, 6) is 0. The molecule has 0 fully saturated rings. The molecule has 0 aromatic heterocycles. The Balaban J connectivity index is 0.000000133. The van der Waals surface area contributed by atoms with Crippen LogP contribution >= 0.6 is 15.9 Å². The van der Waals surface area contributed by atoms with E-state index in [4.69, 9.17) is 5.73 Å². The highest BCUT2D eigenvalue weighted by Gasteiger charge is 2.48. The zero-order valence-corrected chi connectivity index (χ0v) is 41.8. The molecule has 0 bridgehead atoms. The van der Waals surface area contributed by atoms with Crippen molar-refractivity contribution in [1.29, 1.82) is 0 Å². The predicted molar refractivity (Wildman–Crippen MR) is 311 cm³/mol. The van der Waals surface area contributed by atoms with Crippen molar-refractivity contribution in [3.05, 3.63) is 340 Å². The summed E-state index contributed by atoms with van der Waals surface area (Å²) in [7, 11) is 0. The molecule has 0 spiro atoms. The number of halogens is 1. The monoisotopic (exact) mass is 998 g/mol. The van der Waals surface area contributed by atoms with E-state index in [-0.39, 0.29) is 5.41 Å². The summed E-state index contributed by atoms with van der Waals surface area (Å²) in [6, 6.07) is 104. The molecule has 73 heavy (non-hydrogen) atoms. The van der Waals surface area contributed by atoms with Crippen molar-refractivity contribution in [3.63, 3.8) is 0 Å². The van der Waals surface area contributed by atoms with Crippen molar-refractivity contribution in [2.24, 2.45) is 0 Å². The zero-order chi connectivity index (χ0) is 49.2. The first-order valence-electron chi connectivity index (χ1n) is 24.9. The van der Waals surface area contributed by atoms with Crippen LogP contribution in [0.1, 0.15) is 44.5 Å². The van der Waals surface area contributed by atoms with Crippen LogP contribution in [0.5, 0.6) is 0 Å². The molecule has 12 aromatic rings. The van der Waals surface area contributed by atoms with E-state index in [1.165, 1.54) is 88.3 Å². The van der Waals surface area contributed by atoms with E-state index >= 15 is 0 Å². The lowest BCUT2D eigenvalue weighted by Crippen LogP contribution is -2.28. The Morgan fingerprint density at radius 2 is 0.603 bits per heavy atom. The number of benzene rings is 12. The maximum absolute atomic E-state index is 5.36. The van der Waals surface area contributed by atoms with Gasteiger partial charge in [0, 0.05) is 21.5 Å². The molecule has 3 N–H and O–H groups in total. The number of nitrogens with two attached hydrogens (primary N) is 1. The second kappa shape index (κ2) is 19.4. The third kappa shape index (κ3) is 8.09. The summed E-state index contributed by atoms with van der Waals surface area (Å²) in [6.07, 6.45) is 0. The molecule has 0 amide bonds. The highest BCUT2D eigenvalue weighted by atomic mass is 79.9. The van der Waals surface area contributed by atoms with Crippen LogP contribution in [-0.4, -0.2) is 0 Å². The van der Waals surface area contributed by atoms with E-state index in [1.54, 1.807) is 0 Å². The fourth-order valence-electron chi connectivity index (χ4n) is 11.5. The molecule has 0 heterocycles. The van der Waals surface area contributed by atoms with Gasteiger partial charge in [-0.25, -0.2) is 0 Å². The van der Waals surface area contributed by atoms with E-state index in [0.717, 1.165) is 21.5 Å². The highest BCUT2D eigenvalue weighted by molar-refractivity contribution is 9.10. The van der Waals surface area contributed by atoms with E-state index in [9.17, 15) is 0 Å². The fourth-order valence-corrected chi connectivity index (χ4v) is 11.9. The first kappa shape index (κ1) is 45.4. The Bertz CT molecular complexity index is 3800. The number of para-hydroxylation sites is 2. The third-order valence-corrected chi connectivity index (χ3v) is 15.2. The van der Waals surface area contributed by atoms with E-state index < -0.39 is 5.41 Å². The molecular weight excluding hydrogens is 949 g/mol. The van der Waals surface area contributed by atoms with E-state index in [0.29, 0.717) is 0 Å². The van der Waals surface area contributed by atoms with Gasteiger partial charge in [0.25, 0.3) is 0 Å². The van der Waals surface area contributed by atoms with Gasteiger partial charge >= 0.3 is 0 Å². The SMILES string of the molecule is Brc1ccc2c(c1)C(c1ccccc1)(c1ccccc1)c1cc3ccccc3cc1-2.Nc1ccccc1.c1ccc(Nc2ccc3c(c2)C(c2ccccc2)(c2ccccc2)c2cc4ccccc4cc2-3)cc1. The average molecular weight is 1000 g/mol. The molecule has 0 saturated carbocycles. The summed E-state index contributed by atoms with van der Waals surface area (Å²) in [4.78, 5) is 0. The highest BCUT2D eigenvalue weighted by Crippen LogP contribution is 2.59. The number of nitrogen functional groups attached to an aromatic ring is 1.